The van der Waals surface area contributed by atoms with E-state index in [1.165, 1.54) is 11.4 Å². The fourth-order valence-electron chi connectivity index (χ4n) is 2.51. The summed E-state index contributed by atoms with van der Waals surface area (Å²) >= 11 is 0. The molecule has 1 aliphatic heterocycles. The van der Waals surface area contributed by atoms with Gasteiger partial charge in [0.25, 0.3) is 0 Å². The minimum atomic E-state index is -3.46. The standard InChI is InChI=1S/C16H21NO4S/c1-3-11-21-13-14-7-9-17(10-8-14)22(18,19)16-6-4-5-15(12-16)20-2/h1,4-6,12,14H,7-11,13H2,2H3. The van der Waals surface area contributed by atoms with E-state index in [0.717, 1.165) is 12.8 Å². The van der Waals surface area contributed by atoms with Gasteiger partial charge in [0.2, 0.25) is 10.0 Å². The number of piperidine rings is 1. The molecule has 1 saturated heterocycles. The lowest BCUT2D eigenvalue weighted by atomic mass is 9.99. The summed E-state index contributed by atoms with van der Waals surface area (Å²) in [6, 6.07) is 6.57. The Morgan fingerprint density at radius 2 is 2.09 bits per heavy atom. The van der Waals surface area contributed by atoms with Gasteiger partial charge in [0.15, 0.2) is 0 Å². The van der Waals surface area contributed by atoms with E-state index in [-0.39, 0.29) is 4.90 Å². The van der Waals surface area contributed by atoms with Crippen molar-refractivity contribution in [3.8, 4) is 18.1 Å². The highest BCUT2D eigenvalue weighted by Crippen LogP contribution is 2.25. The van der Waals surface area contributed by atoms with Gasteiger partial charge in [0, 0.05) is 19.2 Å². The lowest BCUT2D eigenvalue weighted by Gasteiger charge is -2.31. The van der Waals surface area contributed by atoms with Crippen LogP contribution in [0.25, 0.3) is 0 Å². The molecule has 120 valence electrons. The van der Waals surface area contributed by atoms with Crippen LogP contribution in [0.1, 0.15) is 12.8 Å². The molecular formula is C16H21NO4S. The molecule has 2 rings (SSSR count). The molecule has 1 aromatic carbocycles. The van der Waals surface area contributed by atoms with Gasteiger partial charge in [-0.05, 0) is 30.9 Å². The fraction of sp³-hybridized carbons (Fsp3) is 0.500. The van der Waals surface area contributed by atoms with Crippen LogP contribution in [0.5, 0.6) is 5.75 Å². The van der Waals surface area contributed by atoms with E-state index in [9.17, 15) is 8.42 Å². The van der Waals surface area contributed by atoms with Crippen molar-refractivity contribution in [2.24, 2.45) is 5.92 Å². The molecule has 0 aliphatic carbocycles. The number of rotatable bonds is 6. The van der Waals surface area contributed by atoms with Gasteiger partial charge < -0.3 is 9.47 Å². The maximum atomic E-state index is 12.6. The van der Waals surface area contributed by atoms with Gasteiger partial charge in [-0.3, -0.25) is 0 Å². The highest BCUT2D eigenvalue weighted by atomic mass is 32.2. The Morgan fingerprint density at radius 1 is 1.36 bits per heavy atom. The number of hydrogen-bond acceptors (Lipinski definition) is 4. The smallest absolute Gasteiger partial charge is 0.243 e. The Bertz CT molecular complexity index is 628. The third-order valence-electron chi connectivity index (χ3n) is 3.79. The zero-order chi connectivity index (χ0) is 16.0. The van der Waals surface area contributed by atoms with Gasteiger partial charge >= 0.3 is 0 Å². The Morgan fingerprint density at radius 3 is 2.73 bits per heavy atom. The van der Waals surface area contributed by atoms with Crippen LogP contribution < -0.4 is 4.74 Å². The lowest BCUT2D eigenvalue weighted by molar-refractivity contribution is 0.101. The van der Waals surface area contributed by atoms with Crippen molar-refractivity contribution < 1.29 is 17.9 Å². The van der Waals surface area contributed by atoms with E-state index in [0.29, 0.717) is 38.0 Å². The Kier molecular flexibility index (Phi) is 5.83. The van der Waals surface area contributed by atoms with E-state index >= 15 is 0 Å². The average Bonchev–Trinajstić information content (AvgIpc) is 2.55. The molecule has 1 fully saturated rings. The van der Waals surface area contributed by atoms with Crippen molar-refractivity contribution >= 4 is 10.0 Å². The molecule has 0 N–H and O–H groups in total. The van der Waals surface area contributed by atoms with Crippen LogP contribution in [-0.4, -0.2) is 46.1 Å². The summed E-state index contributed by atoms with van der Waals surface area (Å²) in [7, 11) is -1.94. The summed E-state index contributed by atoms with van der Waals surface area (Å²) in [6.07, 6.45) is 6.71. The van der Waals surface area contributed by atoms with Crippen LogP contribution in [0.3, 0.4) is 0 Å². The van der Waals surface area contributed by atoms with Crippen molar-refractivity contribution in [2.75, 3.05) is 33.4 Å². The molecular weight excluding hydrogens is 302 g/mol. The normalized spacial score (nSPS) is 17.1. The van der Waals surface area contributed by atoms with E-state index in [2.05, 4.69) is 5.92 Å². The quantitative estimate of drug-likeness (QED) is 0.591. The molecule has 0 bridgehead atoms. The summed E-state index contributed by atoms with van der Waals surface area (Å²) in [5.74, 6) is 3.34. The number of terminal acetylenes is 1. The van der Waals surface area contributed by atoms with Crippen LogP contribution >= 0.6 is 0 Å². The third kappa shape index (κ3) is 4.01. The molecule has 0 unspecified atom stereocenters. The summed E-state index contributed by atoms with van der Waals surface area (Å²) in [6.45, 7) is 1.91. The second-order valence-electron chi connectivity index (χ2n) is 5.25. The monoisotopic (exact) mass is 323 g/mol. The van der Waals surface area contributed by atoms with Crippen LogP contribution in [0.2, 0.25) is 0 Å². The van der Waals surface area contributed by atoms with Crippen molar-refractivity contribution in [3.63, 3.8) is 0 Å². The molecule has 0 spiro atoms. The molecule has 1 aliphatic rings. The molecule has 6 heteroatoms. The summed E-state index contributed by atoms with van der Waals surface area (Å²) in [5.41, 5.74) is 0. The molecule has 22 heavy (non-hydrogen) atoms. The molecule has 0 atom stereocenters. The fourth-order valence-corrected chi connectivity index (χ4v) is 4.02. The Hall–Kier alpha value is -1.55. The van der Waals surface area contributed by atoms with Gasteiger partial charge in [-0.25, -0.2) is 8.42 Å². The van der Waals surface area contributed by atoms with E-state index in [1.54, 1.807) is 24.3 Å². The Balaban J connectivity index is 1.99. The summed E-state index contributed by atoms with van der Waals surface area (Å²) in [5, 5.41) is 0. The summed E-state index contributed by atoms with van der Waals surface area (Å²) < 4.78 is 37.2. The number of methoxy groups -OCH3 is 1. The topological polar surface area (TPSA) is 55.8 Å². The average molecular weight is 323 g/mol. The van der Waals surface area contributed by atoms with Crippen LogP contribution in [-0.2, 0) is 14.8 Å². The van der Waals surface area contributed by atoms with Gasteiger partial charge in [-0.1, -0.05) is 12.0 Å². The zero-order valence-corrected chi connectivity index (χ0v) is 13.5. The molecule has 5 nitrogen and oxygen atoms in total. The highest BCUT2D eigenvalue weighted by Gasteiger charge is 2.29. The van der Waals surface area contributed by atoms with Crippen LogP contribution in [0, 0.1) is 18.3 Å². The summed E-state index contributed by atoms with van der Waals surface area (Å²) in [4.78, 5) is 0.272. The number of benzene rings is 1. The molecule has 0 aromatic heterocycles. The van der Waals surface area contributed by atoms with Crippen molar-refractivity contribution in [1.29, 1.82) is 0 Å². The van der Waals surface area contributed by atoms with Crippen molar-refractivity contribution in [1.82, 2.24) is 4.31 Å². The first kappa shape index (κ1) is 16.8. The largest absolute Gasteiger partial charge is 0.497 e. The lowest BCUT2D eigenvalue weighted by Crippen LogP contribution is -2.39. The van der Waals surface area contributed by atoms with Crippen molar-refractivity contribution in [3.05, 3.63) is 24.3 Å². The SMILES string of the molecule is C#CCOCC1CCN(S(=O)(=O)c2cccc(OC)c2)CC1. The number of ether oxygens (including phenoxy) is 2. The zero-order valence-electron chi connectivity index (χ0n) is 12.7. The second-order valence-corrected chi connectivity index (χ2v) is 7.18. The third-order valence-corrected chi connectivity index (χ3v) is 5.69. The first-order valence-electron chi connectivity index (χ1n) is 7.23. The predicted molar refractivity (Wildman–Crippen MR) is 84.1 cm³/mol. The Labute approximate surface area is 132 Å². The maximum Gasteiger partial charge on any atom is 0.243 e. The number of sulfonamides is 1. The van der Waals surface area contributed by atoms with Gasteiger partial charge in [-0.2, -0.15) is 4.31 Å². The maximum absolute atomic E-state index is 12.6. The second kappa shape index (κ2) is 7.63. The predicted octanol–water partition coefficient (Wildman–Crippen LogP) is 1.75. The molecule has 0 amide bonds. The highest BCUT2D eigenvalue weighted by molar-refractivity contribution is 7.89. The van der Waals surface area contributed by atoms with Crippen LogP contribution in [0.4, 0.5) is 0 Å². The van der Waals surface area contributed by atoms with E-state index in [1.807, 2.05) is 0 Å². The molecule has 1 heterocycles. The molecule has 0 saturated carbocycles. The molecule has 1 aromatic rings. The van der Waals surface area contributed by atoms with Gasteiger partial charge in [0.1, 0.15) is 12.4 Å². The minimum Gasteiger partial charge on any atom is -0.497 e. The first-order chi connectivity index (χ1) is 10.6. The van der Waals surface area contributed by atoms with E-state index < -0.39 is 10.0 Å². The van der Waals surface area contributed by atoms with Gasteiger partial charge in [0.05, 0.1) is 18.6 Å². The van der Waals surface area contributed by atoms with Gasteiger partial charge in [-0.15, -0.1) is 6.42 Å². The number of hydrogen-bond donors (Lipinski definition) is 0. The van der Waals surface area contributed by atoms with Crippen LogP contribution in [0.15, 0.2) is 29.2 Å². The van der Waals surface area contributed by atoms with Crippen molar-refractivity contribution in [2.45, 2.75) is 17.7 Å². The first-order valence-corrected chi connectivity index (χ1v) is 8.67. The number of nitrogens with zero attached hydrogens (tertiary/aromatic N) is 1. The minimum absolute atomic E-state index is 0.272. The van der Waals surface area contributed by atoms with E-state index in [4.69, 9.17) is 15.9 Å². The molecule has 0 radical (unpaired) electrons.